The van der Waals surface area contributed by atoms with Crippen LogP contribution in [-0.4, -0.2) is 44.6 Å². The maximum absolute atomic E-state index is 13.3. The lowest BCUT2D eigenvalue weighted by atomic mass is 9.81. The van der Waals surface area contributed by atoms with Crippen molar-refractivity contribution in [2.75, 3.05) is 0 Å². The van der Waals surface area contributed by atoms with Crippen LogP contribution in [0.4, 0.5) is 0 Å². The fraction of sp³-hybridized carbons (Fsp3) is 0.500. The summed E-state index contributed by atoms with van der Waals surface area (Å²) in [6.07, 6.45) is 3.43. The number of rotatable bonds is 6. The molecule has 1 unspecified atom stereocenters. The van der Waals surface area contributed by atoms with Crippen LogP contribution < -0.4 is 5.43 Å². The second-order valence-corrected chi connectivity index (χ2v) is 9.59. The van der Waals surface area contributed by atoms with Gasteiger partial charge in [-0.15, -0.1) is 0 Å². The van der Waals surface area contributed by atoms with Crippen LogP contribution >= 0.6 is 0 Å². The molecule has 1 aliphatic rings. The molecule has 0 aliphatic heterocycles. The third kappa shape index (κ3) is 6.47. The lowest BCUT2D eigenvalue weighted by Gasteiger charge is -2.37. The van der Waals surface area contributed by atoms with Gasteiger partial charge in [-0.3, -0.25) is 15.0 Å². The number of carbonyl (C=O) groups is 2. The molecule has 0 aromatic heterocycles. The predicted octanol–water partition coefficient (Wildman–Crippen LogP) is 3.61. The van der Waals surface area contributed by atoms with Gasteiger partial charge in [0.25, 0.3) is 5.91 Å². The van der Waals surface area contributed by atoms with E-state index in [-0.39, 0.29) is 23.9 Å². The summed E-state index contributed by atoms with van der Waals surface area (Å²) in [6.45, 7) is 11.1. The summed E-state index contributed by atoms with van der Waals surface area (Å²) in [5, 5.41) is 29.9. The topological polar surface area (TPSA) is 110 Å². The summed E-state index contributed by atoms with van der Waals surface area (Å²) in [4.78, 5) is 26.4. The smallest absolute Gasteiger partial charge is 0.451 e. The zero-order valence-corrected chi connectivity index (χ0v) is 19.9. The number of allylic oxidation sites excluding steroid dienone is 2. The predicted molar refractivity (Wildman–Crippen MR) is 126 cm³/mol. The van der Waals surface area contributed by atoms with Gasteiger partial charge in [0.1, 0.15) is 5.76 Å². The summed E-state index contributed by atoms with van der Waals surface area (Å²) < 4.78 is 0. The minimum Gasteiger partial charge on any atom is -0.508 e. The molecule has 0 heterocycles. The minimum absolute atomic E-state index is 0.0618. The van der Waals surface area contributed by atoms with Crippen molar-refractivity contribution in [2.24, 2.45) is 5.92 Å². The van der Waals surface area contributed by atoms with Gasteiger partial charge >= 0.3 is 7.12 Å². The number of hydrogen-bond donors (Lipinski definition) is 4. The second-order valence-electron chi connectivity index (χ2n) is 9.59. The van der Waals surface area contributed by atoms with Crippen LogP contribution in [0, 0.1) is 19.8 Å². The highest BCUT2D eigenvalue weighted by molar-refractivity contribution is 6.40. The Kier molecular flexibility index (Phi) is 8.32. The molecule has 1 aromatic rings. The third-order valence-corrected chi connectivity index (χ3v) is 5.59. The van der Waals surface area contributed by atoms with Crippen molar-refractivity contribution < 1.29 is 24.7 Å². The van der Waals surface area contributed by atoms with E-state index in [1.807, 2.05) is 46.8 Å². The highest BCUT2D eigenvalue weighted by Crippen LogP contribution is 2.31. The highest BCUT2D eigenvalue weighted by atomic mass is 16.4. The molecule has 8 heteroatoms. The first kappa shape index (κ1) is 25.7. The Morgan fingerprint density at radius 2 is 1.72 bits per heavy atom. The van der Waals surface area contributed by atoms with E-state index < -0.39 is 18.6 Å². The fourth-order valence-electron chi connectivity index (χ4n) is 3.89. The van der Waals surface area contributed by atoms with E-state index in [1.165, 1.54) is 5.01 Å². The molecule has 7 nitrogen and oxygen atoms in total. The first-order valence-electron chi connectivity index (χ1n) is 11.0. The van der Waals surface area contributed by atoms with E-state index in [0.717, 1.165) is 11.1 Å². The fourth-order valence-corrected chi connectivity index (χ4v) is 3.89. The van der Waals surface area contributed by atoms with Crippen molar-refractivity contribution in [3.63, 3.8) is 0 Å². The molecule has 0 bridgehead atoms. The number of hydrazine groups is 1. The van der Waals surface area contributed by atoms with Crippen molar-refractivity contribution in [1.29, 1.82) is 0 Å². The van der Waals surface area contributed by atoms with Gasteiger partial charge < -0.3 is 15.2 Å². The Hall–Kier alpha value is -2.58. The number of nitrogens with one attached hydrogen (secondary N) is 1. The van der Waals surface area contributed by atoms with Gasteiger partial charge in [0.15, 0.2) is 0 Å². The van der Waals surface area contributed by atoms with Crippen LogP contribution in [0.5, 0.6) is 0 Å². The van der Waals surface area contributed by atoms with E-state index in [2.05, 4.69) is 5.43 Å². The Bertz CT molecular complexity index is 911. The summed E-state index contributed by atoms with van der Waals surface area (Å²) in [5.74, 6) is -1.19. The molecule has 1 atom stereocenters. The van der Waals surface area contributed by atoms with Crippen LogP contribution in [-0.2, 0) is 4.79 Å². The molecule has 1 aliphatic carbocycles. The molecule has 2 rings (SSSR count). The second kappa shape index (κ2) is 10.4. The normalized spacial score (nSPS) is 16.5. The van der Waals surface area contributed by atoms with Crippen LogP contribution in [0.3, 0.4) is 0 Å². The number of aliphatic hydroxyl groups excluding tert-OH is 1. The maximum atomic E-state index is 13.3. The molecule has 174 valence electrons. The Morgan fingerprint density at radius 3 is 2.25 bits per heavy atom. The van der Waals surface area contributed by atoms with Gasteiger partial charge in [0, 0.05) is 5.56 Å². The number of benzene rings is 1. The Balaban J connectivity index is 2.19. The van der Waals surface area contributed by atoms with E-state index in [4.69, 9.17) is 10.0 Å². The van der Waals surface area contributed by atoms with Gasteiger partial charge in [-0.1, -0.05) is 29.7 Å². The number of nitrogens with zero attached hydrogens (tertiary/aromatic N) is 1. The summed E-state index contributed by atoms with van der Waals surface area (Å²) >= 11 is 0. The van der Waals surface area contributed by atoms with Crippen LogP contribution in [0.1, 0.15) is 68.4 Å². The van der Waals surface area contributed by atoms with Crippen LogP contribution in [0.2, 0.25) is 6.32 Å². The summed E-state index contributed by atoms with van der Waals surface area (Å²) in [5.41, 5.74) is 5.81. The molecular weight excluding hydrogens is 407 g/mol. The van der Waals surface area contributed by atoms with E-state index in [0.29, 0.717) is 36.0 Å². The first-order chi connectivity index (χ1) is 14.8. The lowest BCUT2D eigenvalue weighted by Crippen LogP contribution is -2.57. The zero-order valence-electron chi connectivity index (χ0n) is 19.9. The number of carbonyl (C=O) groups excluding carboxylic acids is 2. The minimum atomic E-state index is -1.37. The third-order valence-electron chi connectivity index (χ3n) is 5.59. The van der Waals surface area contributed by atoms with Crippen molar-refractivity contribution in [1.82, 2.24) is 10.4 Å². The number of aryl methyl sites for hydroxylation is 2. The van der Waals surface area contributed by atoms with Crippen molar-refractivity contribution in [2.45, 2.75) is 72.7 Å². The molecule has 4 N–H and O–H groups in total. The van der Waals surface area contributed by atoms with E-state index in [9.17, 15) is 14.7 Å². The molecular formula is C24H35BN2O5. The van der Waals surface area contributed by atoms with Gasteiger partial charge in [-0.25, -0.2) is 5.01 Å². The molecule has 32 heavy (non-hydrogen) atoms. The van der Waals surface area contributed by atoms with Gasteiger partial charge in [-0.05, 0) is 84.0 Å². The molecule has 0 radical (unpaired) electrons. The summed E-state index contributed by atoms with van der Waals surface area (Å²) in [6, 6.07) is 5.59. The maximum Gasteiger partial charge on any atom is 0.451 e. The van der Waals surface area contributed by atoms with Crippen molar-refractivity contribution in [3.05, 3.63) is 57.9 Å². The van der Waals surface area contributed by atoms with E-state index >= 15 is 0 Å². The first-order valence-corrected chi connectivity index (χ1v) is 11.0. The average Bonchev–Trinajstić information content (AvgIpc) is 2.67. The molecule has 1 aromatic carbocycles. The zero-order chi connectivity index (χ0) is 24.2. The van der Waals surface area contributed by atoms with Crippen LogP contribution in [0.15, 0.2) is 41.2 Å². The molecule has 2 amide bonds. The average molecular weight is 442 g/mol. The van der Waals surface area contributed by atoms with Gasteiger partial charge in [0.05, 0.1) is 11.5 Å². The van der Waals surface area contributed by atoms with Crippen LogP contribution in [0.25, 0.3) is 0 Å². The number of hydrogen-bond acceptors (Lipinski definition) is 5. The Morgan fingerprint density at radius 1 is 1.12 bits per heavy atom. The largest absolute Gasteiger partial charge is 0.508 e. The molecule has 0 saturated heterocycles. The lowest BCUT2D eigenvalue weighted by molar-refractivity contribution is -0.129. The number of aliphatic hydroxyl groups is 1. The molecule has 0 fully saturated rings. The van der Waals surface area contributed by atoms with Crippen molar-refractivity contribution in [3.8, 4) is 0 Å². The van der Waals surface area contributed by atoms with Crippen molar-refractivity contribution >= 4 is 18.9 Å². The highest BCUT2D eigenvalue weighted by Gasteiger charge is 2.34. The standard InChI is InChI=1S/C24H35BN2O5/c1-15-12-16(2)14-19(13-15)23(30)27(24(4,5)6)26-22(29)20-10-9-18(21(28)17(20)3)8-7-11-25(31)32/h9,12-14,20,28,31-32H,7-8,10-11H2,1-6H3,(H,26,29). The van der Waals surface area contributed by atoms with Gasteiger partial charge in [-0.2, -0.15) is 0 Å². The molecule has 0 spiro atoms. The SMILES string of the molecule is CC1=C(O)C(CCCB(O)O)=CCC1C(=O)NN(C(=O)c1cc(C)cc(C)c1)C(C)(C)C. The Labute approximate surface area is 190 Å². The van der Waals surface area contributed by atoms with Gasteiger partial charge in [0.2, 0.25) is 5.91 Å². The monoisotopic (exact) mass is 442 g/mol. The molecule has 0 saturated carbocycles. The summed E-state index contributed by atoms with van der Waals surface area (Å²) in [7, 11) is -1.37. The quantitative estimate of drug-likeness (QED) is 0.398. The van der Waals surface area contributed by atoms with E-state index in [1.54, 1.807) is 19.1 Å². The number of amides is 2.